The van der Waals surface area contributed by atoms with Crippen LogP contribution in [0.3, 0.4) is 0 Å². The van der Waals surface area contributed by atoms with E-state index in [9.17, 15) is 14.4 Å². The molecule has 0 radical (unpaired) electrons. The van der Waals surface area contributed by atoms with Gasteiger partial charge in [-0.15, -0.1) is 0 Å². The van der Waals surface area contributed by atoms with Crippen LogP contribution in [0.15, 0.2) is 19.0 Å². The first kappa shape index (κ1) is 26.6. The van der Waals surface area contributed by atoms with Crippen LogP contribution >= 0.6 is 0 Å². The number of allylic oxidation sites excluding steroid dienone is 2. The Morgan fingerprint density at radius 1 is 1.26 bits per heavy atom. The van der Waals surface area contributed by atoms with Crippen molar-refractivity contribution in [2.45, 2.75) is 60.0 Å². The van der Waals surface area contributed by atoms with E-state index in [0.717, 1.165) is 17.4 Å². The highest BCUT2D eigenvalue weighted by atomic mass is 16.2. The smallest absolute Gasteiger partial charge is 0.244 e. The van der Waals surface area contributed by atoms with E-state index in [1.807, 2.05) is 39.7 Å². The van der Waals surface area contributed by atoms with Gasteiger partial charge in [-0.25, -0.2) is 14.8 Å². The van der Waals surface area contributed by atoms with Crippen LogP contribution in [0.1, 0.15) is 68.9 Å². The van der Waals surface area contributed by atoms with Crippen molar-refractivity contribution in [3.05, 3.63) is 47.3 Å². The Morgan fingerprint density at radius 2 is 1.91 bits per heavy atom. The van der Waals surface area contributed by atoms with Gasteiger partial charge in [0.1, 0.15) is 30.3 Å². The molecule has 8 nitrogen and oxygen atoms in total. The fraction of sp³-hybridized carbons (Fsp3) is 0.423. The molecule has 8 heteroatoms. The lowest BCUT2D eigenvalue weighted by Crippen LogP contribution is -2.41. The van der Waals surface area contributed by atoms with Crippen molar-refractivity contribution >= 4 is 41.4 Å². The first-order chi connectivity index (χ1) is 16.1. The fourth-order valence-electron chi connectivity index (χ4n) is 3.61. The lowest BCUT2D eigenvalue weighted by molar-refractivity contribution is -0.133. The maximum absolute atomic E-state index is 13.1. The summed E-state index contributed by atoms with van der Waals surface area (Å²) in [7, 11) is 1.75. The first-order valence-corrected chi connectivity index (χ1v) is 11.3. The number of rotatable bonds is 11. The average Bonchev–Trinajstić information content (AvgIpc) is 3.17. The number of carbonyl (C=O) groups excluding carboxylic acids is 3. The number of hydrogen-bond donors (Lipinski definition) is 0. The number of likely N-dealkylation sites (N-methyl/N-ethyl adjacent to an activating group) is 1. The van der Waals surface area contributed by atoms with Crippen LogP contribution in [0.2, 0.25) is 0 Å². The highest BCUT2D eigenvalue weighted by molar-refractivity contribution is 5.92. The molecule has 2 unspecified atom stereocenters. The minimum absolute atomic E-state index is 0.0116. The molecule has 34 heavy (non-hydrogen) atoms. The van der Waals surface area contributed by atoms with Crippen LogP contribution in [0, 0.1) is 12.8 Å². The van der Waals surface area contributed by atoms with Gasteiger partial charge >= 0.3 is 0 Å². The molecule has 2 aromatic heterocycles. The molecule has 0 aliphatic rings. The number of aromatic nitrogens is 4. The molecular weight excluding hydrogens is 430 g/mol. The van der Waals surface area contributed by atoms with Crippen molar-refractivity contribution in [3.63, 3.8) is 0 Å². The number of aldehydes is 1. The van der Waals surface area contributed by atoms with Crippen molar-refractivity contribution < 1.29 is 14.4 Å². The maximum atomic E-state index is 13.1. The van der Waals surface area contributed by atoms with E-state index in [-0.39, 0.29) is 24.4 Å². The summed E-state index contributed by atoms with van der Waals surface area (Å²) in [5.74, 6) is 2.63. The normalized spacial score (nSPS) is 13.1. The second kappa shape index (κ2) is 12.0. The van der Waals surface area contributed by atoms with Crippen LogP contribution in [0.5, 0.6) is 0 Å². The highest BCUT2D eigenvalue weighted by Gasteiger charge is 2.24. The van der Waals surface area contributed by atoms with Gasteiger partial charge in [-0.1, -0.05) is 13.5 Å². The zero-order chi connectivity index (χ0) is 25.4. The summed E-state index contributed by atoms with van der Waals surface area (Å²) in [5, 5.41) is 4.56. The lowest BCUT2D eigenvalue weighted by Gasteiger charge is -2.30. The van der Waals surface area contributed by atoms with Crippen LogP contribution in [-0.4, -0.2) is 55.9 Å². The Morgan fingerprint density at radius 3 is 2.47 bits per heavy atom. The van der Waals surface area contributed by atoms with Gasteiger partial charge in [-0.05, 0) is 57.8 Å². The van der Waals surface area contributed by atoms with E-state index >= 15 is 0 Å². The summed E-state index contributed by atoms with van der Waals surface area (Å²) >= 11 is 0. The minimum atomic E-state index is -0.130. The molecule has 0 saturated carbocycles. The third-order valence-electron chi connectivity index (χ3n) is 6.18. The molecule has 0 saturated heterocycles. The van der Waals surface area contributed by atoms with Crippen LogP contribution in [0.25, 0.3) is 23.3 Å². The van der Waals surface area contributed by atoms with Crippen LogP contribution < -0.4 is 0 Å². The Balaban J connectivity index is 2.43. The lowest BCUT2D eigenvalue weighted by atomic mass is 9.97. The highest BCUT2D eigenvalue weighted by Crippen LogP contribution is 2.27. The second-order valence-corrected chi connectivity index (χ2v) is 8.55. The number of hydrogen-bond acceptors (Lipinski definition) is 6. The number of carbonyl (C=O) groups is 2. The quantitative estimate of drug-likeness (QED) is 0.370. The van der Waals surface area contributed by atoms with Gasteiger partial charge in [0.05, 0.1) is 11.3 Å². The van der Waals surface area contributed by atoms with Gasteiger partial charge in [0, 0.05) is 43.0 Å². The fourth-order valence-corrected chi connectivity index (χ4v) is 3.61. The van der Waals surface area contributed by atoms with Crippen molar-refractivity contribution in [1.29, 1.82) is 0 Å². The number of nitrogens with zero attached hydrogens (tertiary/aromatic N) is 5. The first-order valence-electron chi connectivity index (χ1n) is 11.3. The molecule has 0 aromatic carbocycles. The van der Waals surface area contributed by atoms with E-state index < -0.39 is 0 Å². The summed E-state index contributed by atoms with van der Waals surface area (Å²) in [5.41, 5.74) is 3.79. The molecule has 1 amide bonds. The standard InChI is InChI=1S/C26H33N5O3/c1-8-24-23(12-18(3)22-13-27-21(6)28-14-22)26(19(4)16-33)29-31(24)15-25(34)30(7)20(5)17(2)10-9-11-32/h8,11-14,17,20H,1,9-10,15H2,2-7H3/b18-12+. The van der Waals surface area contributed by atoms with Gasteiger partial charge in [-0.3, -0.25) is 9.48 Å². The minimum Gasteiger partial charge on any atom is -0.341 e. The molecule has 0 aliphatic heterocycles. The van der Waals surface area contributed by atoms with Crippen molar-refractivity contribution in [2.75, 3.05) is 7.05 Å². The predicted octanol–water partition coefficient (Wildman–Crippen LogP) is 3.88. The Hall–Kier alpha value is -3.64. The molecule has 0 bridgehead atoms. The van der Waals surface area contributed by atoms with E-state index in [4.69, 9.17) is 0 Å². The molecule has 0 spiro atoms. The molecule has 0 aliphatic carbocycles. The number of amides is 1. The van der Waals surface area contributed by atoms with Crippen molar-refractivity contribution in [2.24, 2.45) is 5.92 Å². The molecule has 2 atom stereocenters. The number of aryl methyl sites for hydroxylation is 1. The van der Waals surface area contributed by atoms with Gasteiger partial charge in [0.2, 0.25) is 5.91 Å². The van der Waals surface area contributed by atoms with Crippen molar-refractivity contribution in [3.8, 4) is 0 Å². The van der Waals surface area contributed by atoms with Gasteiger partial charge in [-0.2, -0.15) is 5.10 Å². The van der Waals surface area contributed by atoms with E-state index in [2.05, 4.69) is 21.6 Å². The zero-order valence-corrected chi connectivity index (χ0v) is 20.8. The summed E-state index contributed by atoms with van der Waals surface area (Å²) < 4.78 is 1.57. The van der Waals surface area contributed by atoms with E-state index in [1.165, 1.54) is 0 Å². The van der Waals surface area contributed by atoms with Crippen LogP contribution in [-0.2, 0) is 20.9 Å². The third kappa shape index (κ3) is 6.23. The van der Waals surface area contributed by atoms with Crippen molar-refractivity contribution in [1.82, 2.24) is 24.6 Å². The molecule has 2 rings (SSSR count). The van der Waals surface area contributed by atoms with E-state index in [1.54, 1.807) is 42.0 Å². The molecule has 2 heterocycles. The summed E-state index contributed by atoms with van der Waals surface area (Å²) in [6.45, 7) is 13.3. The summed E-state index contributed by atoms with van der Waals surface area (Å²) in [6.07, 6.45) is 9.07. The largest absolute Gasteiger partial charge is 0.341 e. The van der Waals surface area contributed by atoms with Crippen LogP contribution in [0.4, 0.5) is 0 Å². The maximum Gasteiger partial charge on any atom is 0.244 e. The predicted molar refractivity (Wildman–Crippen MR) is 134 cm³/mol. The van der Waals surface area contributed by atoms with Gasteiger partial charge in [0.15, 0.2) is 0 Å². The van der Waals surface area contributed by atoms with E-state index in [0.29, 0.717) is 41.2 Å². The zero-order valence-electron chi connectivity index (χ0n) is 20.8. The molecule has 180 valence electrons. The third-order valence-corrected chi connectivity index (χ3v) is 6.18. The Bertz CT molecular complexity index is 1120. The SMILES string of the molecule is C=Cc1c(/C=C(\C)c2cnc(C)nc2)c(C(C)=C=O)nn1CC(=O)N(C)C(C)C(C)CCC=O. The molecular formula is C26H33N5O3. The van der Waals surface area contributed by atoms with Gasteiger partial charge in [0.25, 0.3) is 0 Å². The monoisotopic (exact) mass is 463 g/mol. The Kier molecular flexibility index (Phi) is 9.39. The topological polar surface area (TPSA) is 98.1 Å². The summed E-state index contributed by atoms with van der Waals surface area (Å²) in [6, 6.07) is -0.0468. The van der Waals surface area contributed by atoms with Gasteiger partial charge < -0.3 is 9.69 Å². The molecule has 0 fully saturated rings. The average molecular weight is 464 g/mol. The summed E-state index contributed by atoms with van der Waals surface area (Å²) in [4.78, 5) is 45.4. The second-order valence-electron chi connectivity index (χ2n) is 8.55. The molecule has 2 aromatic rings. The molecule has 0 N–H and O–H groups in total. The Labute approximate surface area is 201 Å².